The number of nitrogens with one attached hydrogen (secondary N) is 2. The maximum absolute atomic E-state index is 11.9. The van der Waals surface area contributed by atoms with E-state index in [0.29, 0.717) is 5.92 Å². The lowest BCUT2D eigenvalue weighted by Crippen LogP contribution is -2.42. The Balaban J connectivity index is 1.93. The highest BCUT2D eigenvalue weighted by molar-refractivity contribution is 7.90. The molecule has 1 aromatic carbocycles. The van der Waals surface area contributed by atoms with Gasteiger partial charge < -0.3 is 10.6 Å². The summed E-state index contributed by atoms with van der Waals surface area (Å²) in [5.41, 5.74) is 0.872. The van der Waals surface area contributed by atoms with Crippen molar-refractivity contribution in [3.05, 3.63) is 29.8 Å². The molecule has 0 aliphatic heterocycles. The second kappa shape index (κ2) is 6.05. The van der Waals surface area contributed by atoms with Crippen molar-refractivity contribution in [1.82, 2.24) is 10.6 Å². The van der Waals surface area contributed by atoms with Crippen molar-refractivity contribution in [1.29, 1.82) is 0 Å². The average Bonchev–Trinajstić information content (AvgIpc) is 3.21. The summed E-state index contributed by atoms with van der Waals surface area (Å²) in [5.74, 6) is 0.611. The lowest BCUT2D eigenvalue weighted by atomic mass is 10.1. The van der Waals surface area contributed by atoms with Gasteiger partial charge in [-0.2, -0.15) is 0 Å². The maximum atomic E-state index is 11.9. The molecular formula is C15H22N2O3S. The Labute approximate surface area is 126 Å². The number of carbonyl (C=O) groups is 1. The van der Waals surface area contributed by atoms with Gasteiger partial charge in [0.15, 0.2) is 9.84 Å². The number of carbonyl (C=O) groups excluding carboxylic acids is 1. The van der Waals surface area contributed by atoms with Gasteiger partial charge in [-0.3, -0.25) is 0 Å². The lowest BCUT2D eigenvalue weighted by Gasteiger charge is -2.18. The summed E-state index contributed by atoms with van der Waals surface area (Å²) in [4.78, 5) is 12.2. The monoisotopic (exact) mass is 310 g/mol. The first kappa shape index (κ1) is 15.8. The van der Waals surface area contributed by atoms with Crippen molar-refractivity contribution in [2.45, 2.75) is 43.7 Å². The highest BCUT2D eigenvalue weighted by Crippen LogP contribution is 2.32. The largest absolute Gasteiger partial charge is 0.335 e. The molecule has 0 aromatic heterocycles. The van der Waals surface area contributed by atoms with E-state index in [0.717, 1.165) is 5.56 Å². The first-order valence-electron chi connectivity index (χ1n) is 7.14. The van der Waals surface area contributed by atoms with E-state index < -0.39 is 9.84 Å². The summed E-state index contributed by atoms with van der Waals surface area (Å²) >= 11 is 0. The molecule has 0 spiro atoms. The Morgan fingerprint density at radius 3 is 2.19 bits per heavy atom. The van der Waals surface area contributed by atoms with Gasteiger partial charge in [-0.15, -0.1) is 0 Å². The van der Waals surface area contributed by atoms with Crippen LogP contribution in [0.4, 0.5) is 4.79 Å². The molecule has 6 heteroatoms. The third kappa shape index (κ3) is 4.46. The van der Waals surface area contributed by atoms with Crippen molar-refractivity contribution >= 4 is 15.9 Å². The molecule has 1 fully saturated rings. The molecule has 1 saturated carbocycles. The number of hydrogen-bond acceptors (Lipinski definition) is 3. The number of hydrogen-bond donors (Lipinski definition) is 2. The molecule has 1 aliphatic carbocycles. The van der Waals surface area contributed by atoms with Gasteiger partial charge in [-0.25, -0.2) is 13.2 Å². The van der Waals surface area contributed by atoms with Crippen LogP contribution in [-0.4, -0.2) is 26.7 Å². The van der Waals surface area contributed by atoms with Gasteiger partial charge in [0.2, 0.25) is 0 Å². The highest BCUT2D eigenvalue weighted by Gasteiger charge is 2.29. The Hall–Kier alpha value is -1.56. The summed E-state index contributed by atoms with van der Waals surface area (Å²) < 4.78 is 22.8. The predicted octanol–water partition coefficient (Wildman–Crippen LogP) is 2.25. The van der Waals surface area contributed by atoms with Crippen LogP contribution in [0, 0.1) is 5.92 Å². The van der Waals surface area contributed by atoms with Gasteiger partial charge in [-0.1, -0.05) is 12.1 Å². The van der Waals surface area contributed by atoms with Crippen LogP contribution in [-0.2, 0) is 9.84 Å². The second-order valence-electron chi connectivity index (χ2n) is 5.81. The van der Waals surface area contributed by atoms with E-state index in [-0.39, 0.29) is 23.0 Å². The molecule has 0 radical (unpaired) electrons. The third-order valence-corrected chi connectivity index (χ3v) is 4.97. The van der Waals surface area contributed by atoms with E-state index in [1.54, 1.807) is 24.3 Å². The fourth-order valence-electron chi connectivity index (χ4n) is 2.25. The summed E-state index contributed by atoms with van der Waals surface area (Å²) in [6, 6.07) is 6.42. The normalized spacial score (nSPS) is 17.9. The molecule has 1 aliphatic rings. The first-order chi connectivity index (χ1) is 9.77. The smallest absolute Gasteiger partial charge is 0.315 e. The Morgan fingerprint density at radius 1 is 1.14 bits per heavy atom. The Bertz CT molecular complexity index is 606. The van der Waals surface area contributed by atoms with E-state index in [1.165, 1.54) is 19.1 Å². The van der Waals surface area contributed by atoms with Gasteiger partial charge in [0.25, 0.3) is 0 Å². The van der Waals surface area contributed by atoms with Crippen molar-refractivity contribution in [2.75, 3.05) is 6.26 Å². The molecule has 21 heavy (non-hydrogen) atoms. The molecular weight excluding hydrogens is 288 g/mol. The quantitative estimate of drug-likeness (QED) is 0.876. The molecule has 5 nitrogen and oxygen atoms in total. The topological polar surface area (TPSA) is 75.3 Å². The standard InChI is InChI=1S/C15H22N2O3S/c1-10(12-4-5-12)16-15(18)17-11(2)13-6-8-14(9-7-13)21(3,19)20/h6-12H,4-5H2,1-3H3,(H2,16,17,18). The van der Waals surface area contributed by atoms with Gasteiger partial charge in [0, 0.05) is 12.3 Å². The minimum Gasteiger partial charge on any atom is -0.335 e. The summed E-state index contributed by atoms with van der Waals surface area (Å²) in [6.07, 6.45) is 3.55. The van der Waals surface area contributed by atoms with Crippen LogP contribution in [0.5, 0.6) is 0 Å². The third-order valence-electron chi connectivity index (χ3n) is 3.84. The van der Waals surface area contributed by atoms with Gasteiger partial charge in [0.1, 0.15) is 0 Å². The molecule has 0 saturated heterocycles. The molecule has 0 heterocycles. The van der Waals surface area contributed by atoms with Crippen LogP contribution in [0.3, 0.4) is 0 Å². The van der Waals surface area contributed by atoms with Crippen molar-refractivity contribution < 1.29 is 13.2 Å². The number of urea groups is 1. The number of rotatable bonds is 5. The van der Waals surface area contributed by atoms with Gasteiger partial charge in [0.05, 0.1) is 10.9 Å². The molecule has 2 amide bonds. The zero-order chi connectivity index (χ0) is 15.6. The summed E-state index contributed by atoms with van der Waals surface area (Å²) in [5, 5.41) is 5.80. The first-order valence-corrected chi connectivity index (χ1v) is 9.03. The van der Waals surface area contributed by atoms with E-state index in [4.69, 9.17) is 0 Å². The number of benzene rings is 1. The van der Waals surface area contributed by atoms with E-state index in [1.807, 2.05) is 13.8 Å². The van der Waals surface area contributed by atoms with Crippen LogP contribution in [0.25, 0.3) is 0 Å². The molecule has 0 bridgehead atoms. The van der Waals surface area contributed by atoms with Crippen LogP contribution in [0.2, 0.25) is 0 Å². The van der Waals surface area contributed by atoms with Crippen LogP contribution >= 0.6 is 0 Å². The van der Waals surface area contributed by atoms with Crippen LogP contribution in [0.1, 0.15) is 38.3 Å². The van der Waals surface area contributed by atoms with Gasteiger partial charge in [-0.05, 0) is 50.3 Å². The number of sulfone groups is 1. The summed E-state index contributed by atoms with van der Waals surface area (Å²) in [7, 11) is -3.19. The molecule has 116 valence electrons. The summed E-state index contributed by atoms with van der Waals surface area (Å²) in [6.45, 7) is 3.89. The zero-order valence-electron chi connectivity index (χ0n) is 12.6. The van der Waals surface area contributed by atoms with Gasteiger partial charge >= 0.3 is 6.03 Å². The minimum absolute atomic E-state index is 0.176. The molecule has 2 unspecified atom stereocenters. The fourth-order valence-corrected chi connectivity index (χ4v) is 2.88. The molecule has 2 rings (SSSR count). The van der Waals surface area contributed by atoms with Crippen molar-refractivity contribution in [3.8, 4) is 0 Å². The van der Waals surface area contributed by atoms with E-state index in [9.17, 15) is 13.2 Å². The highest BCUT2D eigenvalue weighted by atomic mass is 32.2. The number of amides is 2. The van der Waals surface area contributed by atoms with Crippen molar-refractivity contribution in [3.63, 3.8) is 0 Å². The van der Waals surface area contributed by atoms with Crippen LogP contribution in [0.15, 0.2) is 29.2 Å². The molecule has 2 atom stereocenters. The molecule has 2 N–H and O–H groups in total. The SMILES string of the molecule is CC(NC(=O)NC(C)C1CC1)c1ccc(S(C)(=O)=O)cc1. The van der Waals surface area contributed by atoms with Crippen molar-refractivity contribution in [2.24, 2.45) is 5.92 Å². The van der Waals surface area contributed by atoms with E-state index in [2.05, 4.69) is 10.6 Å². The van der Waals surface area contributed by atoms with E-state index >= 15 is 0 Å². The Kier molecular flexibility index (Phi) is 4.56. The maximum Gasteiger partial charge on any atom is 0.315 e. The predicted molar refractivity (Wildman–Crippen MR) is 81.8 cm³/mol. The average molecular weight is 310 g/mol. The molecule has 1 aromatic rings. The fraction of sp³-hybridized carbons (Fsp3) is 0.533. The lowest BCUT2D eigenvalue weighted by molar-refractivity contribution is 0.233. The second-order valence-corrected chi connectivity index (χ2v) is 7.82. The zero-order valence-corrected chi connectivity index (χ0v) is 13.4. The van der Waals surface area contributed by atoms with Crippen LogP contribution < -0.4 is 10.6 Å². The minimum atomic E-state index is -3.19. The Morgan fingerprint density at radius 2 is 1.71 bits per heavy atom.